The first-order valence-electron chi connectivity index (χ1n) is 10.3. The van der Waals surface area contributed by atoms with E-state index in [0.29, 0.717) is 18.2 Å². The van der Waals surface area contributed by atoms with E-state index in [1.807, 2.05) is 24.1 Å². The molecule has 158 valence electrons. The van der Waals surface area contributed by atoms with E-state index < -0.39 is 0 Å². The zero-order valence-electron chi connectivity index (χ0n) is 17.5. The van der Waals surface area contributed by atoms with Crippen molar-refractivity contribution in [2.75, 3.05) is 20.3 Å². The van der Waals surface area contributed by atoms with E-state index in [2.05, 4.69) is 16.4 Å². The second kappa shape index (κ2) is 9.05. The Balaban J connectivity index is 0.00000117. The Morgan fingerprint density at radius 3 is 2.52 bits per heavy atom. The molecule has 1 saturated carbocycles. The van der Waals surface area contributed by atoms with Gasteiger partial charge in [0.15, 0.2) is 0 Å². The number of aliphatic hydroxyl groups is 1. The molecule has 29 heavy (non-hydrogen) atoms. The molecule has 0 bridgehead atoms. The molecule has 1 aromatic rings. The minimum atomic E-state index is -0.294. The summed E-state index contributed by atoms with van der Waals surface area (Å²) in [5, 5.41) is 10.6. The topological polar surface area (TPSA) is 91.8 Å². The first kappa shape index (κ1) is 21.5. The van der Waals surface area contributed by atoms with Crippen molar-refractivity contribution in [2.45, 2.75) is 58.5 Å². The molecule has 1 saturated heterocycles. The van der Waals surface area contributed by atoms with E-state index in [-0.39, 0.29) is 23.9 Å². The third-order valence-electron chi connectivity index (χ3n) is 6.43. The van der Waals surface area contributed by atoms with Gasteiger partial charge in [-0.2, -0.15) is 0 Å². The predicted molar refractivity (Wildman–Crippen MR) is 109 cm³/mol. The second-order valence-corrected chi connectivity index (χ2v) is 8.10. The van der Waals surface area contributed by atoms with E-state index in [4.69, 9.17) is 9.84 Å². The molecule has 2 aliphatic heterocycles. The van der Waals surface area contributed by atoms with Crippen LogP contribution in [-0.2, 0) is 20.9 Å². The number of aliphatic hydroxyl groups excluding tert-OH is 1. The summed E-state index contributed by atoms with van der Waals surface area (Å²) in [4.78, 5) is 30.9. The molecule has 0 unspecified atom stereocenters. The molecule has 0 radical (unpaired) electrons. The molecule has 1 amide bonds. The number of likely N-dealkylation sites (tertiary alicyclic amines) is 1. The minimum Gasteiger partial charge on any atom is -0.456 e. The maximum atomic E-state index is 13.1. The van der Waals surface area contributed by atoms with E-state index in [0.717, 1.165) is 57.1 Å². The normalized spacial score (nSPS) is 26.6. The second-order valence-electron chi connectivity index (χ2n) is 8.10. The lowest BCUT2D eigenvalue weighted by Crippen LogP contribution is -2.42. The number of nitrogens with zero attached hydrogens (tertiary/aromatic N) is 2. The van der Waals surface area contributed by atoms with Crippen LogP contribution in [0, 0.1) is 12.3 Å². The van der Waals surface area contributed by atoms with Crippen LogP contribution in [0.3, 0.4) is 0 Å². The average molecular weight is 402 g/mol. The van der Waals surface area contributed by atoms with Gasteiger partial charge in [-0.3, -0.25) is 9.78 Å². The highest BCUT2D eigenvalue weighted by Gasteiger charge is 2.50. The van der Waals surface area contributed by atoms with Crippen molar-refractivity contribution >= 4 is 11.9 Å². The van der Waals surface area contributed by atoms with Crippen LogP contribution in [0.1, 0.15) is 50.3 Å². The minimum absolute atomic E-state index is 0.191. The number of aryl methyl sites for hydroxylation is 1. The predicted octanol–water partition coefficient (Wildman–Crippen LogP) is 2.08. The van der Waals surface area contributed by atoms with Crippen LogP contribution in [0.2, 0.25) is 0 Å². The van der Waals surface area contributed by atoms with Gasteiger partial charge in [0.1, 0.15) is 6.61 Å². The Morgan fingerprint density at radius 1 is 1.21 bits per heavy atom. The fourth-order valence-corrected chi connectivity index (χ4v) is 4.53. The van der Waals surface area contributed by atoms with Gasteiger partial charge in [0.05, 0.1) is 16.7 Å². The molecule has 2 N–H and O–H groups in total. The maximum Gasteiger partial charge on any atom is 0.336 e. The van der Waals surface area contributed by atoms with E-state index in [1.165, 1.54) is 5.56 Å². The Morgan fingerprint density at radius 2 is 1.93 bits per heavy atom. The summed E-state index contributed by atoms with van der Waals surface area (Å²) >= 11 is 0. The first-order valence-corrected chi connectivity index (χ1v) is 10.3. The van der Waals surface area contributed by atoms with Crippen molar-refractivity contribution in [1.29, 1.82) is 0 Å². The van der Waals surface area contributed by atoms with Crippen LogP contribution in [0.4, 0.5) is 0 Å². The molecule has 1 aliphatic carbocycles. The molecule has 1 spiro atoms. The molecule has 2 fully saturated rings. The summed E-state index contributed by atoms with van der Waals surface area (Å²) in [6.45, 7) is 5.50. The zero-order chi connectivity index (χ0) is 21.0. The van der Waals surface area contributed by atoms with Crippen molar-refractivity contribution in [3.63, 3.8) is 0 Å². The van der Waals surface area contributed by atoms with E-state index >= 15 is 0 Å². The lowest BCUT2D eigenvalue weighted by molar-refractivity contribution is -0.138. The molecule has 0 atom stereocenters. The molecule has 3 heterocycles. The molecule has 7 heteroatoms. The van der Waals surface area contributed by atoms with Gasteiger partial charge >= 0.3 is 5.97 Å². The maximum absolute atomic E-state index is 13.1. The monoisotopic (exact) mass is 401 g/mol. The highest BCUT2D eigenvalue weighted by Crippen LogP contribution is 2.46. The first-order chi connectivity index (χ1) is 14.0. The Hall–Kier alpha value is -2.25. The number of rotatable bonds is 4. The van der Waals surface area contributed by atoms with Crippen LogP contribution in [-0.4, -0.2) is 53.2 Å². The number of hydrogen-bond donors (Lipinski definition) is 2. The number of carbonyl (C=O) groups is 2. The third-order valence-corrected chi connectivity index (χ3v) is 6.43. The molecule has 7 nitrogen and oxygen atoms in total. The lowest BCUT2D eigenvalue weighted by atomic mass is 9.71. The molecule has 0 aromatic carbocycles. The summed E-state index contributed by atoms with van der Waals surface area (Å²) in [6.07, 6.45) is 6.64. The quantitative estimate of drug-likeness (QED) is 0.751. The number of ether oxygens (including phenoxy) is 1. The number of pyridine rings is 1. The van der Waals surface area contributed by atoms with Crippen LogP contribution in [0.5, 0.6) is 0 Å². The summed E-state index contributed by atoms with van der Waals surface area (Å²) in [7, 11) is 1.00. The van der Waals surface area contributed by atoms with Gasteiger partial charge in [-0.15, -0.1) is 0 Å². The zero-order valence-corrected chi connectivity index (χ0v) is 17.5. The van der Waals surface area contributed by atoms with Crippen LogP contribution >= 0.6 is 0 Å². The summed E-state index contributed by atoms with van der Waals surface area (Å²) in [6, 6.07) is 4.59. The number of aromatic nitrogens is 1. The van der Waals surface area contributed by atoms with Gasteiger partial charge in [0.2, 0.25) is 5.91 Å². The SMILES string of the molecule is CC1=C(N2CCC3(CCC(NCc4ccc(C)nc4)CC3)C2=O)COC1=O.CO. The van der Waals surface area contributed by atoms with Crippen molar-refractivity contribution in [1.82, 2.24) is 15.2 Å². The third kappa shape index (κ3) is 4.36. The lowest BCUT2D eigenvalue weighted by Gasteiger charge is -2.36. The van der Waals surface area contributed by atoms with Crippen molar-refractivity contribution in [3.8, 4) is 0 Å². The molecular weight excluding hydrogens is 370 g/mol. The molecular formula is C22H31N3O4. The van der Waals surface area contributed by atoms with Crippen LogP contribution in [0.25, 0.3) is 0 Å². The smallest absolute Gasteiger partial charge is 0.336 e. The molecule has 1 aromatic heterocycles. The number of nitrogens with one attached hydrogen (secondary N) is 1. The van der Waals surface area contributed by atoms with Crippen molar-refractivity contribution in [2.24, 2.45) is 5.41 Å². The fraction of sp³-hybridized carbons (Fsp3) is 0.591. The summed E-state index contributed by atoms with van der Waals surface area (Å²) in [5.41, 5.74) is 3.33. The van der Waals surface area contributed by atoms with Crippen LogP contribution < -0.4 is 5.32 Å². The Kier molecular flexibility index (Phi) is 6.70. The highest BCUT2D eigenvalue weighted by molar-refractivity contribution is 5.94. The summed E-state index contributed by atoms with van der Waals surface area (Å²) in [5.74, 6) is -0.103. The Bertz CT molecular complexity index is 780. The molecule has 4 rings (SSSR count). The van der Waals surface area contributed by atoms with Gasteiger partial charge in [-0.1, -0.05) is 6.07 Å². The van der Waals surface area contributed by atoms with Gasteiger partial charge in [-0.05, 0) is 57.6 Å². The van der Waals surface area contributed by atoms with Gasteiger partial charge in [0.25, 0.3) is 0 Å². The largest absolute Gasteiger partial charge is 0.456 e. The number of cyclic esters (lactones) is 1. The van der Waals surface area contributed by atoms with Crippen molar-refractivity contribution < 1.29 is 19.4 Å². The van der Waals surface area contributed by atoms with Gasteiger partial charge < -0.3 is 20.1 Å². The Labute approximate surface area is 172 Å². The standard InChI is InChI=1S/C21H27N3O3.CH4O/c1-14-3-4-16(11-22-14)12-23-17-5-7-21(8-6-17)9-10-24(20(21)26)18-13-27-19(25)15(18)2;1-2/h3-4,11,17,23H,5-10,12-13H2,1-2H3;2H,1H3. The number of hydrogen-bond acceptors (Lipinski definition) is 6. The number of amides is 1. The van der Waals surface area contributed by atoms with Gasteiger partial charge in [0, 0.05) is 38.1 Å². The van der Waals surface area contributed by atoms with Crippen LogP contribution in [0.15, 0.2) is 29.6 Å². The van der Waals surface area contributed by atoms with Crippen molar-refractivity contribution in [3.05, 3.63) is 40.9 Å². The number of carbonyl (C=O) groups excluding carboxylic acids is 2. The average Bonchev–Trinajstić information content (AvgIpc) is 3.24. The summed E-state index contributed by atoms with van der Waals surface area (Å²) < 4.78 is 5.09. The van der Waals surface area contributed by atoms with E-state index in [1.54, 1.807) is 6.92 Å². The van der Waals surface area contributed by atoms with Gasteiger partial charge in [-0.25, -0.2) is 4.79 Å². The van der Waals surface area contributed by atoms with E-state index in [9.17, 15) is 9.59 Å². The number of esters is 1. The highest BCUT2D eigenvalue weighted by atomic mass is 16.5. The fourth-order valence-electron chi connectivity index (χ4n) is 4.53. The molecule has 3 aliphatic rings.